The van der Waals surface area contributed by atoms with Crippen LogP contribution in [0.1, 0.15) is 54.4 Å². The van der Waals surface area contributed by atoms with Gasteiger partial charge in [-0.2, -0.15) is 0 Å². The molecule has 2 heterocycles. The maximum Gasteiger partial charge on any atom is 0.161 e. The molecule has 3 atom stereocenters. The van der Waals surface area contributed by atoms with Gasteiger partial charge >= 0.3 is 0 Å². The molecule has 0 N–H and O–H groups in total. The average Bonchev–Trinajstić information content (AvgIpc) is 3.20. The molecule has 0 spiro atoms. The molecule has 31 heavy (non-hydrogen) atoms. The fourth-order valence-corrected chi connectivity index (χ4v) is 5.49. The van der Waals surface area contributed by atoms with Gasteiger partial charge in [0.25, 0.3) is 0 Å². The largest absolute Gasteiger partial charge is 0.493 e. The number of fused-ring (bicyclic) bond motifs is 6. The van der Waals surface area contributed by atoms with Gasteiger partial charge < -0.3 is 18.6 Å². The smallest absolute Gasteiger partial charge is 0.161 e. The summed E-state index contributed by atoms with van der Waals surface area (Å²) in [5, 5.41) is 2.27. The second kappa shape index (κ2) is 7.31. The molecule has 0 amide bonds. The number of ether oxygens (including phenoxy) is 3. The molecule has 1 aliphatic heterocycles. The van der Waals surface area contributed by atoms with Crippen LogP contribution in [-0.4, -0.2) is 20.3 Å². The van der Waals surface area contributed by atoms with Gasteiger partial charge in [-0.1, -0.05) is 37.1 Å². The highest BCUT2D eigenvalue weighted by Gasteiger charge is 2.39. The summed E-state index contributed by atoms with van der Waals surface area (Å²) in [6, 6.07) is 18.9. The minimum absolute atomic E-state index is 0.132. The summed E-state index contributed by atoms with van der Waals surface area (Å²) < 4.78 is 24.1. The third kappa shape index (κ3) is 2.93. The van der Waals surface area contributed by atoms with Crippen molar-refractivity contribution in [3.05, 3.63) is 71.3 Å². The van der Waals surface area contributed by atoms with Crippen molar-refractivity contribution in [2.45, 2.75) is 43.8 Å². The lowest BCUT2D eigenvalue weighted by molar-refractivity contribution is -0.0390. The molecular formula is C27H26O4. The van der Waals surface area contributed by atoms with E-state index in [0.717, 1.165) is 51.8 Å². The Morgan fingerprint density at radius 3 is 2.35 bits per heavy atom. The summed E-state index contributed by atoms with van der Waals surface area (Å²) in [6.45, 7) is 0. The Morgan fingerprint density at radius 2 is 1.52 bits per heavy atom. The van der Waals surface area contributed by atoms with Gasteiger partial charge in [0.2, 0.25) is 0 Å². The van der Waals surface area contributed by atoms with Gasteiger partial charge in [-0.05, 0) is 59.9 Å². The lowest BCUT2D eigenvalue weighted by atomic mass is 9.75. The average molecular weight is 415 g/mol. The molecule has 6 rings (SSSR count). The van der Waals surface area contributed by atoms with Gasteiger partial charge in [-0.15, -0.1) is 0 Å². The highest BCUT2D eigenvalue weighted by atomic mass is 16.5. The lowest BCUT2D eigenvalue weighted by Gasteiger charge is -2.41. The summed E-state index contributed by atoms with van der Waals surface area (Å²) in [4.78, 5) is 0. The van der Waals surface area contributed by atoms with E-state index in [0.29, 0.717) is 5.92 Å². The fourth-order valence-electron chi connectivity index (χ4n) is 5.49. The normalized spacial score (nSPS) is 22.8. The van der Waals surface area contributed by atoms with Crippen molar-refractivity contribution in [2.75, 3.05) is 14.2 Å². The van der Waals surface area contributed by atoms with Crippen molar-refractivity contribution < 1.29 is 18.6 Å². The molecule has 158 valence electrons. The van der Waals surface area contributed by atoms with Crippen molar-refractivity contribution in [3.8, 4) is 11.5 Å². The molecule has 4 aromatic rings. The van der Waals surface area contributed by atoms with E-state index in [4.69, 9.17) is 18.6 Å². The van der Waals surface area contributed by atoms with Crippen LogP contribution >= 0.6 is 0 Å². The van der Waals surface area contributed by atoms with Gasteiger partial charge in [0, 0.05) is 16.7 Å². The van der Waals surface area contributed by atoms with E-state index in [1.807, 2.05) is 12.1 Å². The molecule has 2 aliphatic rings. The Kier molecular flexibility index (Phi) is 4.43. The number of furan rings is 1. The minimum Gasteiger partial charge on any atom is -0.493 e. The molecule has 1 fully saturated rings. The van der Waals surface area contributed by atoms with Gasteiger partial charge in [-0.25, -0.2) is 0 Å². The molecule has 0 unspecified atom stereocenters. The monoisotopic (exact) mass is 414 g/mol. The Hall–Kier alpha value is -2.98. The molecule has 1 aromatic heterocycles. The summed E-state index contributed by atoms with van der Waals surface area (Å²) in [7, 11) is 3.40. The van der Waals surface area contributed by atoms with E-state index in [2.05, 4.69) is 42.5 Å². The topological polar surface area (TPSA) is 40.8 Å². The Labute approximate surface area is 181 Å². The van der Waals surface area contributed by atoms with Crippen LogP contribution < -0.4 is 9.47 Å². The van der Waals surface area contributed by atoms with Crippen molar-refractivity contribution in [1.82, 2.24) is 0 Å². The number of hydrogen-bond acceptors (Lipinski definition) is 4. The number of para-hydroxylation sites is 1. The molecular weight excluding hydrogens is 388 g/mol. The predicted molar refractivity (Wildman–Crippen MR) is 121 cm³/mol. The van der Waals surface area contributed by atoms with Crippen molar-refractivity contribution in [3.63, 3.8) is 0 Å². The molecule has 3 aromatic carbocycles. The summed E-state index contributed by atoms with van der Waals surface area (Å²) in [5.74, 6) is 1.96. The molecule has 0 bridgehead atoms. The predicted octanol–water partition coefficient (Wildman–Crippen LogP) is 6.75. The Balaban J connectivity index is 1.54. The summed E-state index contributed by atoms with van der Waals surface area (Å²) in [5.41, 5.74) is 5.50. The van der Waals surface area contributed by atoms with E-state index in [1.165, 1.54) is 24.0 Å². The van der Waals surface area contributed by atoms with E-state index in [-0.39, 0.29) is 12.2 Å². The first-order valence-corrected chi connectivity index (χ1v) is 11.1. The standard InChI is InChI=1S/C27H26O4/c1-28-25-14-19-17-7-3-6-10-23(17)31-27(21(19)15-26(25)29-2)16-11-12-24-20(13-16)18-8-4-5-9-22(18)30-24/h4-5,8-9,11-15,17,23,27H,3,6-7,10H2,1-2H3/t17-,23-,27+/m1/s1. The molecule has 1 saturated carbocycles. The minimum atomic E-state index is -0.132. The van der Waals surface area contributed by atoms with Crippen LogP contribution in [0.15, 0.2) is 59.0 Å². The molecule has 1 aliphatic carbocycles. The van der Waals surface area contributed by atoms with Gasteiger partial charge in [-0.3, -0.25) is 0 Å². The fraction of sp³-hybridized carbons (Fsp3) is 0.333. The van der Waals surface area contributed by atoms with Crippen molar-refractivity contribution in [2.24, 2.45) is 0 Å². The van der Waals surface area contributed by atoms with E-state index < -0.39 is 0 Å². The molecule has 0 radical (unpaired) electrons. The third-order valence-corrected chi connectivity index (χ3v) is 6.99. The van der Waals surface area contributed by atoms with Crippen LogP contribution in [0.5, 0.6) is 11.5 Å². The maximum absolute atomic E-state index is 6.79. The Bertz CT molecular complexity index is 1270. The van der Waals surface area contributed by atoms with Gasteiger partial charge in [0.15, 0.2) is 11.5 Å². The first-order valence-electron chi connectivity index (χ1n) is 11.1. The SMILES string of the molecule is COc1cc2c(cc1OC)[C@H]1CCCC[C@H]1O[C@H]2c1ccc2oc3ccccc3c2c1. The first-order chi connectivity index (χ1) is 15.3. The quantitative estimate of drug-likeness (QED) is 0.372. The summed E-state index contributed by atoms with van der Waals surface area (Å²) in [6.07, 6.45) is 4.84. The second-order valence-electron chi connectivity index (χ2n) is 8.64. The lowest BCUT2D eigenvalue weighted by Crippen LogP contribution is -2.33. The zero-order valence-electron chi connectivity index (χ0n) is 17.9. The zero-order chi connectivity index (χ0) is 20.9. The Morgan fingerprint density at radius 1 is 0.774 bits per heavy atom. The van der Waals surface area contributed by atoms with Crippen LogP contribution in [0.3, 0.4) is 0 Å². The summed E-state index contributed by atoms with van der Waals surface area (Å²) >= 11 is 0. The van der Waals surface area contributed by atoms with E-state index in [1.54, 1.807) is 14.2 Å². The first kappa shape index (κ1) is 18.8. The zero-order valence-corrected chi connectivity index (χ0v) is 17.9. The highest BCUT2D eigenvalue weighted by molar-refractivity contribution is 6.05. The molecule has 4 nitrogen and oxygen atoms in total. The van der Waals surface area contributed by atoms with Crippen LogP contribution in [-0.2, 0) is 4.74 Å². The van der Waals surface area contributed by atoms with Gasteiger partial charge in [0.1, 0.15) is 17.3 Å². The number of hydrogen-bond donors (Lipinski definition) is 0. The second-order valence-corrected chi connectivity index (χ2v) is 8.64. The van der Waals surface area contributed by atoms with Crippen LogP contribution in [0.2, 0.25) is 0 Å². The number of rotatable bonds is 3. The third-order valence-electron chi connectivity index (χ3n) is 6.99. The maximum atomic E-state index is 6.79. The van der Waals surface area contributed by atoms with Crippen LogP contribution in [0.4, 0.5) is 0 Å². The molecule has 4 heteroatoms. The van der Waals surface area contributed by atoms with Crippen LogP contribution in [0.25, 0.3) is 21.9 Å². The van der Waals surface area contributed by atoms with Crippen LogP contribution in [0, 0.1) is 0 Å². The van der Waals surface area contributed by atoms with Crippen molar-refractivity contribution >= 4 is 21.9 Å². The molecule has 0 saturated heterocycles. The number of benzene rings is 3. The highest BCUT2D eigenvalue weighted by Crippen LogP contribution is 2.50. The van der Waals surface area contributed by atoms with E-state index >= 15 is 0 Å². The van der Waals surface area contributed by atoms with Gasteiger partial charge in [0.05, 0.1) is 20.3 Å². The number of methoxy groups -OCH3 is 2. The van der Waals surface area contributed by atoms with E-state index in [9.17, 15) is 0 Å². The van der Waals surface area contributed by atoms with Crippen molar-refractivity contribution in [1.29, 1.82) is 0 Å².